The van der Waals surface area contributed by atoms with E-state index in [-0.39, 0.29) is 24.4 Å². The second-order valence-electron chi connectivity index (χ2n) is 6.43. The van der Waals surface area contributed by atoms with E-state index in [1.807, 2.05) is 0 Å². The Morgan fingerprint density at radius 3 is 2.39 bits per heavy atom. The molecule has 0 aliphatic heterocycles. The van der Waals surface area contributed by atoms with Crippen molar-refractivity contribution < 1.29 is 14.3 Å². The summed E-state index contributed by atoms with van der Waals surface area (Å²) >= 11 is 0. The Kier molecular flexibility index (Phi) is 4.63. The van der Waals surface area contributed by atoms with Gasteiger partial charge in [0.2, 0.25) is 0 Å². The number of ether oxygens (including phenoxy) is 1. The molecule has 0 fully saturated rings. The first kappa shape index (κ1) is 16.9. The zero-order valence-electron chi connectivity index (χ0n) is 13.8. The molecule has 0 aliphatic rings. The van der Waals surface area contributed by atoms with E-state index in [4.69, 9.17) is 4.74 Å². The minimum absolute atomic E-state index is 0.0912. The standard InChI is InChI=1S/C17H20N2O4/c1-17(2,3)14(20)10-23-15(21)9-13-11-7-5-6-8-12(11)16(22)19(4)18-13/h5-8H,9-10H2,1-4H3. The minimum Gasteiger partial charge on any atom is -0.457 e. The van der Waals surface area contributed by atoms with Gasteiger partial charge in [-0.05, 0) is 6.07 Å². The van der Waals surface area contributed by atoms with Crippen molar-refractivity contribution in [2.45, 2.75) is 27.2 Å². The molecule has 0 amide bonds. The molecule has 122 valence electrons. The fourth-order valence-electron chi connectivity index (χ4n) is 2.06. The van der Waals surface area contributed by atoms with Gasteiger partial charge in [0, 0.05) is 17.8 Å². The SMILES string of the molecule is Cn1nc(CC(=O)OCC(=O)C(C)(C)C)c2ccccc2c1=O. The summed E-state index contributed by atoms with van der Waals surface area (Å²) in [5, 5.41) is 5.25. The van der Waals surface area contributed by atoms with Crippen LogP contribution in [0.25, 0.3) is 10.8 Å². The molecule has 0 unspecified atom stereocenters. The summed E-state index contributed by atoms with van der Waals surface area (Å²) in [6.45, 7) is 5.05. The van der Waals surface area contributed by atoms with Crippen molar-refractivity contribution in [3.8, 4) is 0 Å². The first-order chi connectivity index (χ1) is 10.7. The van der Waals surface area contributed by atoms with Crippen LogP contribution in [-0.2, 0) is 27.8 Å². The molecule has 1 aromatic heterocycles. The van der Waals surface area contributed by atoms with Crippen LogP contribution >= 0.6 is 0 Å². The zero-order valence-corrected chi connectivity index (χ0v) is 13.8. The highest BCUT2D eigenvalue weighted by atomic mass is 16.5. The highest BCUT2D eigenvalue weighted by Gasteiger charge is 2.23. The topological polar surface area (TPSA) is 78.3 Å². The molecule has 6 nitrogen and oxygen atoms in total. The Morgan fingerprint density at radius 1 is 1.17 bits per heavy atom. The van der Waals surface area contributed by atoms with E-state index in [0.29, 0.717) is 16.5 Å². The van der Waals surface area contributed by atoms with Gasteiger partial charge >= 0.3 is 5.97 Å². The Hall–Kier alpha value is -2.50. The molecule has 0 atom stereocenters. The van der Waals surface area contributed by atoms with Crippen LogP contribution in [0.4, 0.5) is 0 Å². The molecule has 0 N–H and O–H groups in total. The van der Waals surface area contributed by atoms with Crippen LogP contribution in [0.3, 0.4) is 0 Å². The molecule has 0 spiro atoms. The normalized spacial score (nSPS) is 11.5. The summed E-state index contributed by atoms with van der Waals surface area (Å²) in [6.07, 6.45) is -0.0912. The lowest BCUT2D eigenvalue weighted by Gasteiger charge is -2.16. The summed E-state index contributed by atoms with van der Waals surface area (Å²) in [7, 11) is 1.53. The van der Waals surface area contributed by atoms with Gasteiger partial charge in [-0.1, -0.05) is 39.0 Å². The molecule has 0 radical (unpaired) electrons. The van der Waals surface area contributed by atoms with Gasteiger partial charge in [0.25, 0.3) is 5.56 Å². The van der Waals surface area contributed by atoms with Gasteiger partial charge in [-0.3, -0.25) is 14.4 Å². The van der Waals surface area contributed by atoms with Gasteiger partial charge in [-0.2, -0.15) is 5.10 Å². The van der Waals surface area contributed by atoms with Gasteiger partial charge in [-0.25, -0.2) is 4.68 Å². The third kappa shape index (κ3) is 3.83. The van der Waals surface area contributed by atoms with Gasteiger partial charge < -0.3 is 4.74 Å². The number of Topliss-reactive ketones (excluding diaryl/α,β-unsaturated/α-hetero) is 1. The van der Waals surface area contributed by atoms with E-state index in [1.54, 1.807) is 45.0 Å². The van der Waals surface area contributed by atoms with E-state index >= 15 is 0 Å². The number of hydrogen-bond acceptors (Lipinski definition) is 5. The first-order valence-corrected chi connectivity index (χ1v) is 7.34. The van der Waals surface area contributed by atoms with Crippen LogP contribution in [0.5, 0.6) is 0 Å². The number of nitrogens with zero attached hydrogens (tertiary/aromatic N) is 2. The molecule has 6 heteroatoms. The lowest BCUT2D eigenvalue weighted by Crippen LogP contribution is -2.27. The number of rotatable bonds is 4. The molecule has 1 aromatic carbocycles. The zero-order chi connectivity index (χ0) is 17.2. The number of fused-ring (bicyclic) bond motifs is 1. The lowest BCUT2D eigenvalue weighted by atomic mass is 9.91. The monoisotopic (exact) mass is 316 g/mol. The van der Waals surface area contributed by atoms with Gasteiger partial charge in [0.05, 0.1) is 17.5 Å². The molecule has 2 aromatic rings. The number of benzene rings is 1. The fourth-order valence-corrected chi connectivity index (χ4v) is 2.06. The number of carbonyl (C=O) groups is 2. The predicted molar refractivity (Wildman–Crippen MR) is 86.1 cm³/mol. The van der Waals surface area contributed by atoms with Crippen LogP contribution < -0.4 is 5.56 Å². The van der Waals surface area contributed by atoms with E-state index in [1.165, 1.54) is 11.7 Å². The van der Waals surface area contributed by atoms with Crippen molar-refractivity contribution in [2.24, 2.45) is 12.5 Å². The molecule has 0 saturated carbocycles. The summed E-state index contributed by atoms with van der Waals surface area (Å²) in [5.41, 5.74) is -0.321. The summed E-state index contributed by atoms with van der Waals surface area (Å²) in [4.78, 5) is 35.8. The summed E-state index contributed by atoms with van der Waals surface area (Å²) < 4.78 is 6.24. The van der Waals surface area contributed by atoms with Crippen molar-refractivity contribution >= 4 is 22.5 Å². The quantitative estimate of drug-likeness (QED) is 0.801. The molecule has 0 bridgehead atoms. The van der Waals surface area contributed by atoms with Crippen LogP contribution in [0.2, 0.25) is 0 Å². The minimum atomic E-state index is -0.554. The highest BCUT2D eigenvalue weighted by Crippen LogP contribution is 2.16. The number of aromatic nitrogens is 2. The second kappa shape index (κ2) is 6.32. The smallest absolute Gasteiger partial charge is 0.312 e. The number of aryl methyl sites for hydroxylation is 1. The summed E-state index contributed by atoms with van der Waals surface area (Å²) in [5.74, 6) is -0.692. The van der Waals surface area contributed by atoms with E-state index < -0.39 is 11.4 Å². The Labute approximate surface area is 134 Å². The van der Waals surface area contributed by atoms with Crippen molar-refractivity contribution in [2.75, 3.05) is 6.61 Å². The molecule has 0 saturated heterocycles. The van der Waals surface area contributed by atoms with Crippen LogP contribution in [0.15, 0.2) is 29.1 Å². The molecule has 2 rings (SSSR count). The Balaban J connectivity index is 2.19. The molecule has 23 heavy (non-hydrogen) atoms. The first-order valence-electron chi connectivity index (χ1n) is 7.34. The third-order valence-corrected chi connectivity index (χ3v) is 3.55. The van der Waals surface area contributed by atoms with Crippen molar-refractivity contribution in [3.63, 3.8) is 0 Å². The maximum atomic E-state index is 12.0. The van der Waals surface area contributed by atoms with E-state index in [9.17, 15) is 14.4 Å². The Morgan fingerprint density at radius 2 is 1.78 bits per heavy atom. The number of hydrogen-bond donors (Lipinski definition) is 0. The maximum absolute atomic E-state index is 12.0. The lowest BCUT2D eigenvalue weighted by molar-refractivity contribution is -0.149. The van der Waals surface area contributed by atoms with Gasteiger partial charge in [0.15, 0.2) is 12.4 Å². The number of ketones is 1. The number of carbonyl (C=O) groups excluding carboxylic acids is 2. The molecular weight excluding hydrogens is 296 g/mol. The van der Waals surface area contributed by atoms with Gasteiger partial charge in [0.1, 0.15) is 0 Å². The second-order valence-corrected chi connectivity index (χ2v) is 6.43. The Bertz CT molecular complexity index is 815. The average Bonchev–Trinajstić information content (AvgIpc) is 2.49. The molecular formula is C17H20N2O4. The van der Waals surface area contributed by atoms with Gasteiger partial charge in [-0.15, -0.1) is 0 Å². The largest absolute Gasteiger partial charge is 0.457 e. The van der Waals surface area contributed by atoms with Crippen molar-refractivity contribution in [1.82, 2.24) is 9.78 Å². The summed E-state index contributed by atoms with van der Waals surface area (Å²) in [6, 6.07) is 6.97. The van der Waals surface area contributed by atoms with E-state index in [0.717, 1.165) is 0 Å². The van der Waals surface area contributed by atoms with Crippen LogP contribution in [0.1, 0.15) is 26.5 Å². The predicted octanol–water partition coefficient (Wildman–Crippen LogP) is 1.63. The van der Waals surface area contributed by atoms with Crippen LogP contribution in [-0.4, -0.2) is 28.1 Å². The molecule has 0 aliphatic carbocycles. The third-order valence-electron chi connectivity index (χ3n) is 3.55. The fraction of sp³-hybridized carbons (Fsp3) is 0.412. The molecule has 1 heterocycles. The highest BCUT2D eigenvalue weighted by molar-refractivity contribution is 5.89. The van der Waals surface area contributed by atoms with Crippen molar-refractivity contribution in [3.05, 3.63) is 40.3 Å². The number of esters is 1. The van der Waals surface area contributed by atoms with E-state index in [2.05, 4.69) is 5.10 Å². The van der Waals surface area contributed by atoms with Crippen LogP contribution in [0, 0.1) is 5.41 Å². The van der Waals surface area contributed by atoms with Crippen molar-refractivity contribution in [1.29, 1.82) is 0 Å². The average molecular weight is 316 g/mol. The maximum Gasteiger partial charge on any atom is 0.312 e.